The van der Waals surface area contributed by atoms with Gasteiger partial charge >= 0.3 is 0 Å². The lowest BCUT2D eigenvalue weighted by Crippen LogP contribution is -2.40. The second-order valence-corrected chi connectivity index (χ2v) is 7.49. The third-order valence-electron chi connectivity index (χ3n) is 4.01. The molecule has 136 valence electrons. The SMILES string of the molecule is Cn1cc(C(C)(O)CNC(=O)COc2ccccc2C(C)(C)C)cn1. The number of aryl methyl sites for hydroxylation is 1. The number of carbonyl (C=O) groups excluding carboxylic acids is 1. The molecule has 0 radical (unpaired) electrons. The summed E-state index contributed by atoms with van der Waals surface area (Å²) in [5, 5.41) is 17.2. The fraction of sp³-hybridized carbons (Fsp3) is 0.474. The van der Waals surface area contributed by atoms with Gasteiger partial charge in [-0.2, -0.15) is 5.10 Å². The molecule has 6 heteroatoms. The molecule has 0 aliphatic carbocycles. The number of benzene rings is 1. The first kappa shape index (κ1) is 19.0. The summed E-state index contributed by atoms with van der Waals surface area (Å²) >= 11 is 0. The van der Waals surface area contributed by atoms with Crippen molar-refractivity contribution in [2.45, 2.75) is 38.7 Å². The van der Waals surface area contributed by atoms with Crippen molar-refractivity contribution >= 4 is 5.91 Å². The summed E-state index contributed by atoms with van der Waals surface area (Å²) in [6, 6.07) is 7.70. The zero-order chi connectivity index (χ0) is 18.7. The first-order valence-corrected chi connectivity index (χ1v) is 8.30. The first-order valence-electron chi connectivity index (χ1n) is 8.30. The predicted molar refractivity (Wildman–Crippen MR) is 96.4 cm³/mol. The smallest absolute Gasteiger partial charge is 0.258 e. The van der Waals surface area contributed by atoms with Crippen LogP contribution in [-0.2, 0) is 22.9 Å². The van der Waals surface area contributed by atoms with Gasteiger partial charge < -0.3 is 15.2 Å². The van der Waals surface area contributed by atoms with Gasteiger partial charge in [-0.1, -0.05) is 39.0 Å². The molecule has 1 amide bonds. The highest BCUT2D eigenvalue weighted by Crippen LogP contribution is 2.30. The standard InChI is InChI=1S/C19H27N3O3/c1-18(2,3)15-8-6-7-9-16(15)25-12-17(23)20-13-19(4,24)14-10-21-22(5)11-14/h6-11,24H,12-13H2,1-5H3,(H,20,23). The van der Waals surface area contributed by atoms with Crippen LogP contribution in [0, 0.1) is 0 Å². The average molecular weight is 345 g/mol. The monoisotopic (exact) mass is 345 g/mol. The summed E-state index contributed by atoms with van der Waals surface area (Å²) in [5.74, 6) is 0.414. The van der Waals surface area contributed by atoms with Gasteiger partial charge in [-0.15, -0.1) is 0 Å². The summed E-state index contributed by atoms with van der Waals surface area (Å²) in [4.78, 5) is 12.1. The quantitative estimate of drug-likeness (QED) is 0.841. The molecule has 2 N–H and O–H groups in total. The molecule has 2 aromatic rings. The van der Waals surface area contributed by atoms with E-state index in [1.54, 1.807) is 31.0 Å². The molecule has 1 atom stereocenters. The van der Waals surface area contributed by atoms with Crippen LogP contribution in [0.1, 0.15) is 38.8 Å². The number of hydrogen-bond acceptors (Lipinski definition) is 4. The zero-order valence-corrected chi connectivity index (χ0v) is 15.5. The largest absolute Gasteiger partial charge is 0.483 e. The Balaban J connectivity index is 1.92. The van der Waals surface area contributed by atoms with Crippen molar-refractivity contribution in [2.24, 2.45) is 7.05 Å². The van der Waals surface area contributed by atoms with E-state index in [0.717, 1.165) is 5.56 Å². The number of nitrogens with zero attached hydrogens (tertiary/aromatic N) is 2. The molecule has 0 aliphatic heterocycles. The third-order valence-corrected chi connectivity index (χ3v) is 4.01. The molecular weight excluding hydrogens is 318 g/mol. The minimum Gasteiger partial charge on any atom is -0.483 e. The maximum atomic E-state index is 12.1. The van der Waals surface area contributed by atoms with E-state index >= 15 is 0 Å². The molecule has 1 unspecified atom stereocenters. The molecule has 1 aromatic carbocycles. The fourth-order valence-corrected chi connectivity index (χ4v) is 2.48. The van der Waals surface area contributed by atoms with Crippen molar-refractivity contribution in [1.82, 2.24) is 15.1 Å². The normalized spacial score (nSPS) is 14.0. The lowest BCUT2D eigenvalue weighted by molar-refractivity contribution is -0.124. The number of aliphatic hydroxyl groups is 1. The second-order valence-electron chi connectivity index (χ2n) is 7.49. The summed E-state index contributed by atoms with van der Waals surface area (Å²) in [6.07, 6.45) is 3.31. The molecule has 0 spiro atoms. The summed E-state index contributed by atoms with van der Waals surface area (Å²) in [5.41, 5.74) is 0.434. The van der Waals surface area contributed by atoms with Gasteiger partial charge in [0.25, 0.3) is 5.91 Å². The van der Waals surface area contributed by atoms with Crippen molar-refractivity contribution < 1.29 is 14.6 Å². The number of carbonyl (C=O) groups is 1. The van der Waals surface area contributed by atoms with Crippen LogP contribution in [0.4, 0.5) is 0 Å². The topological polar surface area (TPSA) is 76.4 Å². The zero-order valence-electron chi connectivity index (χ0n) is 15.5. The van der Waals surface area contributed by atoms with Gasteiger partial charge in [-0.25, -0.2) is 0 Å². The molecule has 6 nitrogen and oxygen atoms in total. The number of hydrogen-bond donors (Lipinski definition) is 2. The molecular formula is C19H27N3O3. The maximum absolute atomic E-state index is 12.1. The van der Waals surface area contributed by atoms with E-state index in [9.17, 15) is 9.90 Å². The highest BCUT2D eigenvalue weighted by Gasteiger charge is 2.25. The minimum absolute atomic E-state index is 0.0724. The van der Waals surface area contributed by atoms with Crippen LogP contribution in [-0.4, -0.2) is 33.9 Å². The van der Waals surface area contributed by atoms with Crippen molar-refractivity contribution in [2.75, 3.05) is 13.2 Å². The number of nitrogens with one attached hydrogen (secondary N) is 1. The highest BCUT2D eigenvalue weighted by molar-refractivity contribution is 5.77. The van der Waals surface area contributed by atoms with Crippen LogP contribution in [0.3, 0.4) is 0 Å². The van der Waals surface area contributed by atoms with E-state index in [1.165, 1.54) is 0 Å². The lowest BCUT2D eigenvalue weighted by Gasteiger charge is -2.24. The van der Waals surface area contributed by atoms with E-state index < -0.39 is 5.60 Å². The van der Waals surface area contributed by atoms with Crippen molar-refractivity contribution in [1.29, 1.82) is 0 Å². The van der Waals surface area contributed by atoms with E-state index in [1.807, 2.05) is 24.3 Å². The molecule has 0 saturated heterocycles. The molecule has 0 bridgehead atoms. The van der Waals surface area contributed by atoms with Crippen LogP contribution >= 0.6 is 0 Å². The minimum atomic E-state index is -1.19. The Hall–Kier alpha value is -2.34. The average Bonchev–Trinajstić information content (AvgIpc) is 2.98. The van der Waals surface area contributed by atoms with Crippen LogP contribution < -0.4 is 10.1 Å². The van der Waals surface area contributed by atoms with Gasteiger partial charge in [0.1, 0.15) is 11.4 Å². The Morgan fingerprint density at radius 2 is 1.96 bits per heavy atom. The van der Waals surface area contributed by atoms with Crippen molar-refractivity contribution in [3.05, 3.63) is 47.8 Å². The van der Waals surface area contributed by atoms with Gasteiger partial charge in [0, 0.05) is 18.8 Å². The Kier molecular flexibility index (Phi) is 5.52. The highest BCUT2D eigenvalue weighted by atomic mass is 16.5. The number of para-hydroxylation sites is 1. The van der Waals surface area contributed by atoms with E-state index in [-0.39, 0.29) is 24.5 Å². The Labute approximate surface area is 148 Å². The van der Waals surface area contributed by atoms with Gasteiger partial charge in [0.2, 0.25) is 0 Å². The van der Waals surface area contributed by atoms with Crippen LogP contribution in [0.25, 0.3) is 0 Å². The summed E-state index contributed by atoms with van der Waals surface area (Å²) < 4.78 is 7.30. The van der Waals surface area contributed by atoms with E-state index in [0.29, 0.717) is 11.3 Å². The summed E-state index contributed by atoms with van der Waals surface area (Å²) in [7, 11) is 1.78. The first-order chi connectivity index (χ1) is 11.6. The lowest BCUT2D eigenvalue weighted by atomic mass is 9.86. The van der Waals surface area contributed by atoms with E-state index in [4.69, 9.17) is 4.74 Å². The second kappa shape index (κ2) is 7.27. The molecule has 1 aromatic heterocycles. The number of ether oxygens (including phenoxy) is 1. The maximum Gasteiger partial charge on any atom is 0.258 e. The van der Waals surface area contributed by atoms with Gasteiger partial charge in [0.05, 0.1) is 12.7 Å². The molecule has 0 aliphatic rings. The van der Waals surface area contributed by atoms with Gasteiger partial charge in [-0.3, -0.25) is 9.48 Å². The fourth-order valence-electron chi connectivity index (χ4n) is 2.48. The van der Waals surface area contributed by atoms with E-state index in [2.05, 4.69) is 31.2 Å². The predicted octanol–water partition coefficient (Wildman–Crippen LogP) is 2.12. The number of amides is 1. The van der Waals surface area contributed by atoms with Crippen LogP contribution in [0.15, 0.2) is 36.7 Å². The number of aromatic nitrogens is 2. The Morgan fingerprint density at radius 3 is 2.56 bits per heavy atom. The third kappa shape index (κ3) is 5.06. The molecule has 0 saturated carbocycles. The Bertz CT molecular complexity index is 730. The molecule has 1 heterocycles. The van der Waals surface area contributed by atoms with Crippen LogP contribution in [0.2, 0.25) is 0 Å². The molecule has 25 heavy (non-hydrogen) atoms. The van der Waals surface area contributed by atoms with Crippen molar-refractivity contribution in [3.8, 4) is 5.75 Å². The number of rotatable bonds is 6. The van der Waals surface area contributed by atoms with Gasteiger partial charge in [0.15, 0.2) is 6.61 Å². The van der Waals surface area contributed by atoms with Gasteiger partial charge in [-0.05, 0) is 24.0 Å². The van der Waals surface area contributed by atoms with Crippen LogP contribution in [0.5, 0.6) is 5.75 Å². The molecule has 0 fully saturated rings. The van der Waals surface area contributed by atoms with Crippen molar-refractivity contribution in [3.63, 3.8) is 0 Å². The Morgan fingerprint density at radius 1 is 1.28 bits per heavy atom. The summed E-state index contributed by atoms with van der Waals surface area (Å²) in [6.45, 7) is 7.92. The molecule has 2 rings (SSSR count).